The molecule has 2 aromatic heterocycles. The van der Waals surface area contributed by atoms with Crippen molar-refractivity contribution in [2.45, 2.75) is 25.9 Å². The van der Waals surface area contributed by atoms with Crippen LogP contribution in [-0.4, -0.2) is 27.5 Å². The summed E-state index contributed by atoms with van der Waals surface area (Å²) in [6.07, 6.45) is 4.72. The van der Waals surface area contributed by atoms with Gasteiger partial charge in [-0.1, -0.05) is 0 Å². The first-order valence-electron chi connectivity index (χ1n) is 5.69. The molecule has 0 aliphatic carbocycles. The van der Waals surface area contributed by atoms with Gasteiger partial charge in [0.25, 0.3) is 0 Å². The first-order valence-corrected chi connectivity index (χ1v) is 6.63. The number of hydrogen-bond acceptors (Lipinski definition) is 4. The summed E-state index contributed by atoms with van der Waals surface area (Å²) in [5.74, 6) is 0. The molecule has 92 valence electrons. The molecule has 2 aromatic rings. The normalized spacial score (nSPS) is 12.6. The lowest BCUT2D eigenvalue weighted by Crippen LogP contribution is -2.17. The Balaban J connectivity index is 1.86. The van der Waals surface area contributed by atoms with E-state index in [1.165, 1.54) is 5.56 Å². The fourth-order valence-electron chi connectivity index (χ4n) is 1.76. The van der Waals surface area contributed by atoms with Crippen LogP contribution in [0.5, 0.6) is 0 Å². The van der Waals surface area contributed by atoms with Crippen LogP contribution in [0.1, 0.15) is 12.5 Å². The SMILES string of the molecule is CC(Cc1ccsc1)Nc1cnn(CCO)c1. The van der Waals surface area contributed by atoms with Crippen LogP contribution in [0.2, 0.25) is 0 Å². The van der Waals surface area contributed by atoms with Crippen LogP contribution in [0.4, 0.5) is 5.69 Å². The van der Waals surface area contributed by atoms with Gasteiger partial charge >= 0.3 is 0 Å². The predicted octanol–water partition coefficient (Wildman–Crippen LogP) is 1.98. The molecule has 0 aliphatic rings. The van der Waals surface area contributed by atoms with Crippen LogP contribution in [-0.2, 0) is 13.0 Å². The number of anilines is 1. The number of aliphatic hydroxyl groups excluding tert-OH is 1. The molecule has 4 nitrogen and oxygen atoms in total. The highest BCUT2D eigenvalue weighted by Gasteiger charge is 2.05. The predicted molar refractivity (Wildman–Crippen MR) is 70.4 cm³/mol. The lowest BCUT2D eigenvalue weighted by Gasteiger charge is -2.12. The van der Waals surface area contributed by atoms with Crippen LogP contribution < -0.4 is 5.32 Å². The molecule has 0 saturated heterocycles. The number of aromatic nitrogens is 2. The largest absolute Gasteiger partial charge is 0.394 e. The van der Waals surface area contributed by atoms with Gasteiger partial charge in [0.2, 0.25) is 0 Å². The second-order valence-electron chi connectivity index (χ2n) is 4.10. The van der Waals surface area contributed by atoms with Gasteiger partial charge in [0.15, 0.2) is 0 Å². The monoisotopic (exact) mass is 251 g/mol. The van der Waals surface area contributed by atoms with Gasteiger partial charge in [0.05, 0.1) is 25.0 Å². The Labute approximate surface area is 105 Å². The van der Waals surface area contributed by atoms with Crippen molar-refractivity contribution < 1.29 is 5.11 Å². The molecule has 0 radical (unpaired) electrons. The van der Waals surface area contributed by atoms with E-state index in [2.05, 4.69) is 34.2 Å². The van der Waals surface area contributed by atoms with E-state index in [1.54, 1.807) is 22.2 Å². The molecule has 0 saturated carbocycles. The Bertz CT molecular complexity index is 438. The third-order valence-corrected chi connectivity index (χ3v) is 3.23. The zero-order valence-electron chi connectivity index (χ0n) is 9.84. The molecule has 2 heterocycles. The van der Waals surface area contributed by atoms with Crippen LogP contribution in [0.25, 0.3) is 0 Å². The quantitative estimate of drug-likeness (QED) is 0.825. The van der Waals surface area contributed by atoms with E-state index in [0.717, 1.165) is 12.1 Å². The molecule has 0 bridgehead atoms. The minimum atomic E-state index is 0.117. The van der Waals surface area contributed by atoms with Gasteiger partial charge in [-0.3, -0.25) is 4.68 Å². The number of aliphatic hydroxyl groups is 1. The van der Waals surface area contributed by atoms with Gasteiger partial charge in [0.1, 0.15) is 0 Å². The van der Waals surface area contributed by atoms with E-state index >= 15 is 0 Å². The van der Waals surface area contributed by atoms with Gasteiger partial charge in [-0.15, -0.1) is 0 Å². The average molecular weight is 251 g/mol. The highest BCUT2D eigenvalue weighted by molar-refractivity contribution is 7.07. The smallest absolute Gasteiger partial charge is 0.0728 e. The molecule has 0 aromatic carbocycles. The summed E-state index contributed by atoms with van der Waals surface area (Å²) in [7, 11) is 0. The van der Waals surface area contributed by atoms with Crippen molar-refractivity contribution in [3.8, 4) is 0 Å². The van der Waals surface area contributed by atoms with Crippen molar-refractivity contribution in [3.05, 3.63) is 34.8 Å². The number of thiophene rings is 1. The van der Waals surface area contributed by atoms with Crippen LogP contribution in [0.15, 0.2) is 29.2 Å². The Kier molecular flexibility index (Phi) is 4.17. The molecule has 0 amide bonds. The van der Waals surface area contributed by atoms with Crippen LogP contribution in [0.3, 0.4) is 0 Å². The summed E-state index contributed by atoms with van der Waals surface area (Å²) in [6, 6.07) is 2.52. The maximum absolute atomic E-state index is 8.80. The van der Waals surface area contributed by atoms with Gasteiger partial charge in [-0.2, -0.15) is 16.4 Å². The van der Waals surface area contributed by atoms with Crippen molar-refractivity contribution >= 4 is 17.0 Å². The zero-order valence-corrected chi connectivity index (χ0v) is 10.7. The summed E-state index contributed by atoms with van der Waals surface area (Å²) in [5.41, 5.74) is 2.36. The van der Waals surface area contributed by atoms with E-state index in [1.807, 2.05) is 6.20 Å². The molecule has 0 fully saturated rings. The molecule has 0 aliphatic heterocycles. The molecule has 0 spiro atoms. The molecule has 2 N–H and O–H groups in total. The molecule has 2 rings (SSSR count). The minimum absolute atomic E-state index is 0.117. The summed E-state index contributed by atoms with van der Waals surface area (Å²) in [5, 5.41) is 20.6. The van der Waals surface area contributed by atoms with Crippen molar-refractivity contribution in [2.24, 2.45) is 0 Å². The highest BCUT2D eigenvalue weighted by Crippen LogP contribution is 2.12. The van der Waals surface area contributed by atoms with E-state index in [9.17, 15) is 0 Å². The molecule has 5 heteroatoms. The van der Waals surface area contributed by atoms with E-state index < -0.39 is 0 Å². The van der Waals surface area contributed by atoms with Crippen molar-refractivity contribution in [1.29, 1.82) is 0 Å². The molecule has 1 atom stereocenters. The Morgan fingerprint density at radius 1 is 1.59 bits per heavy atom. The maximum Gasteiger partial charge on any atom is 0.0728 e. The van der Waals surface area contributed by atoms with Gasteiger partial charge in [-0.25, -0.2) is 0 Å². The summed E-state index contributed by atoms with van der Waals surface area (Å²) in [4.78, 5) is 0. The van der Waals surface area contributed by atoms with E-state index in [4.69, 9.17) is 5.11 Å². The number of nitrogens with one attached hydrogen (secondary N) is 1. The topological polar surface area (TPSA) is 50.1 Å². The van der Waals surface area contributed by atoms with Gasteiger partial charge in [0, 0.05) is 12.2 Å². The van der Waals surface area contributed by atoms with Gasteiger partial charge < -0.3 is 10.4 Å². The lowest BCUT2D eigenvalue weighted by atomic mass is 10.1. The number of hydrogen-bond donors (Lipinski definition) is 2. The molecular weight excluding hydrogens is 234 g/mol. The number of nitrogens with zero attached hydrogens (tertiary/aromatic N) is 2. The number of rotatable bonds is 6. The van der Waals surface area contributed by atoms with E-state index in [-0.39, 0.29) is 6.61 Å². The van der Waals surface area contributed by atoms with E-state index in [0.29, 0.717) is 12.6 Å². The summed E-state index contributed by atoms with van der Waals surface area (Å²) in [6.45, 7) is 2.81. The highest BCUT2D eigenvalue weighted by atomic mass is 32.1. The molecular formula is C12H17N3OS. The molecule has 1 unspecified atom stereocenters. The zero-order chi connectivity index (χ0) is 12.1. The summed E-state index contributed by atoms with van der Waals surface area (Å²) >= 11 is 1.73. The Hall–Kier alpha value is -1.33. The minimum Gasteiger partial charge on any atom is -0.394 e. The fourth-order valence-corrected chi connectivity index (χ4v) is 2.44. The standard InChI is InChI=1S/C12H17N3OS/c1-10(6-11-2-5-17-9-11)14-12-7-13-15(8-12)3-4-16/h2,5,7-10,14,16H,3-4,6H2,1H3. The van der Waals surface area contributed by atoms with Crippen molar-refractivity contribution in [3.63, 3.8) is 0 Å². The lowest BCUT2D eigenvalue weighted by molar-refractivity contribution is 0.269. The first-order chi connectivity index (χ1) is 8.28. The van der Waals surface area contributed by atoms with Crippen LogP contribution in [0, 0.1) is 0 Å². The molecule has 17 heavy (non-hydrogen) atoms. The summed E-state index contributed by atoms with van der Waals surface area (Å²) < 4.78 is 1.74. The average Bonchev–Trinajstić information content (AvgIpc) is 2.91. The first kappa shape index (κ1) is 12.1. The Morgan fingerprint density at radius 3 is 3.18 bits per heavy atom. The van der Waals surface area contributed by atoms with Crippen molar-refractivity contribution in [2.75, 3.05) is 11.9 Å². The Morgan fingerprint density at radius 2 is 2.47 bits per heavy atom. The second kappa shape index (κ2) is 5.84. The fraction of sp³-hybridized carbons (Fsp3) is 0.417. The maximum atomic E-state index is 8.80. The van der Waals surface area contributed by atoms with Gasteiger partial charge in [-0.05, 0) is 35.7 Å². The van der Waals surface area contributed by atoms with Crippen molar-refractivity contribution in [1.82, 2.24) is 9.78 Å². The third kappa shape index (κ3) is 3.57. The third-order valence-electron chi connectivity index (χ3n) is 2.50. The van der Waals surface area contributed by atoms with Crippen LogP contribution >= 0.6 is 11.3 Å². The second-order valence-corrected chi connectivity index (χ2v) is 4.88.